The van der Waals surface area contributed by atoms with E-state index in [2.05, 4.69) is 21.4 Å². The zero-order valence-corrected chi connectivity index (χ0v) is 18.9. The van der Waals surface area contributed by atoms with E-state index in [0.29, 0.717) is 10.9 Å². The Labute approximate surface area is 197 Å². The number of para-hydroxylation sites is 1. The maximum Gasteiger partial charge on any atom is 0.267 e. The number of aryl methyl sites for hydroxylation is 2. The first-order valence-electron chi connectivity index (χ1n) is 10.4. The van der Waals surface area contributed by atoms with E-state index in [1.165, 1.54) is 21.8 Å². The highest BCUT2D eigenvalue weighted by molar-refractivity contribution is 7.99. The molecule has 1 aliphatic carbocycles. The fourth-order valence-corrected chi connectivity index (χ4v) is 4.86. The molecule has 2 aromatic heterocycles. The molecule has 0 unspecified atom stereocenters. The second kappa shape index (κ2) is 8.96. The second-order valence-corrected chi connectivity index (χ2v) is 9.03. The number of hydrogen-bond acceptors (Lipinski definition) is 5. The van der Waals surface area contributed by atoms with Crippen LogP contribution < -0.4 is 10.9 Å². The highest BCUT2D eigenvalue weighted by atomic mass is 35.5. The van der Waals surface area contributed by atoms with Gasteiger partial charge < -0.3 is 5.32 Å². The maximum atomic E-state index is 13.7. The average Bonchev–Trinajstić information content (AvgIpc) is 3.28. The fraction of sp³-hybridized carbons (Fsp3) is 0.167. The molecule has 6 nitrogen and oxygen atoms in total. The minimum absolute atomic E-state index is 0.0246. The van der Waals surface area contributed by atoms with E-state index < -0.39 is 5.82 Å². The highest BCUT2D eigenvalue weighted by Crippen LogP contribution is 2.26. The molecule has 0 atom stereocenters. The summed E-state index contributed by atoms with van der Waals surface area (Å²) in [6.07, 6.45) is 4.18. The molecule has 4 aromatic rings. The third kappa shape index (κ3) is 4.36. The molecule has 5 rings (SSSR count). The number of hydrogen-bond donors (Lipinski definition) is 1. The van der Waals surface area contributed by atoms with Gasteiger partial charge in [-0.15, -0.1) is 0 Å². The van der Waals surface area contributed by atoms with Gasteiger partial charge in [-0.1, -0.05) is 41.6 Å². The van der Waals surface area contributed by atoms with Crippen molar-refractivity contribution in [1.29, 1.82) is 0 Å². The number of rotatable bonds is 5. The van der Waals surface area contributed by atoms with Gasteiger partial charge in [0, 0.05) is 11.8 Å². The van der Waals surface area contributed by atoms with Crippen molar-refractivity contribution in [3.63, 3.8) is 0 Å². The fourth-order valence-electron chi connectivity index (χ4n) is 3.91. The van der Waals surface area contributed by atoms with Gasteiger partial charge >= 0.3 is 0 Å². The van der Waals surface area contributed by atoms with Crippen molar-refractivity contribution in [3.05, 3.63) is 87.0 Å². The number of carbonyl (C=O) groups is 1. The van der Waals surface area contributed by atoms with Crippen molar-refractivity contribution in [2.75, 3.05) is 11.1 Å². The molecule has 9 heteroatoms. The van der Waals surface area contributed by atoms with Crippen LogP contribution in [0.25, 0.3) is 16.7 Å². The highest BCUT2D eigenvalue weighted by Gasteiger charge is 2.17. The van der Waals surface area contributed by atoms with E-state index in [4.69, 9.17) is 11.6 Å². The number of anilines is 1. The number of benzene rings is 2. The molecule has 0 fully saturated rings. The molecule has 0 bridgehead atoms. The Bertz CT molecular complexity index is 1460. The molecule has 0 aliphatic heterocycles. The van der Waals surface area contributed by atoms with Crippen molar-refractivity contribution in [2.24, 2.45) is 0 Å². The Morgan fingerprint density at radius 2 is 1.97 bits per heavy atom. The second-order valence-electron chi connectivity index (χ2n) is 7.68. The summed E-state index contributed by atoms with van der Waals surface area (Å²) in [5, 5.41) is 3.39. The molecule has 0 spiro atoms. The molecule has 166 valence electrons. The van der Waals surface area contributed by atoms with E-state index in [-0.39, 0.29) is 33.2 Å². The summed E-state index contributed by atoms with van der Waals surface area (Å²) in [5.41, 5.74) is 3.46. The van der Waals surface area contributed by atoms with Crippen molar-refractivity contribution < 1.29 is 9.18 Å². The normalized spacial score (nSPS) is 12.7. The summed E-state index contributed by atoms with van der Waals surface area (Å²) < 4.78 is 14.9. The number of aromatic nitrogens is 3. The third-order valence-corrected chi connectivity index (χ3v) is 6.71. The molecule has 1 N–H and O–H groups in total. The lowest BCUT2D eigenvalue weighted by atomic mass is 10.1. The first-order chi connectivity index (χ1) is 16.0. The van der Waals surface area contributed by atoms with Gasteiger partial charge in [0.1, 0.15) is 5.82 Å². The molecule has 1 aliphatic rings. The molecule has 0 saturated carbocycles. The molecule has 2 heterocycles. The standard InChI is InChI=1S/C24H18ClFN4O2S/c25-18-11-21(27-12-19(18)26)30-23(32)17-6-1-2-7-20(17)29-24(30)33-13-22(31)28-16-9-8-14-4-3-5-15(14)10-16/h1-2,6-12H,3-5,13H2,(H,28,31). The zero-order valence-electron chi connectivity index (χ0n) is 17.3. The summed E-state index contributed by atoms with van der Waals surface area (Å²) >= 11 is 7.02. The number of pyridine rings is 1. The number of carbonyl (C=O) groups excluding carboxylic acids is 1. The number of fused-ring (bicyclic) bond motifs is 2. The largest absolute Gasteiger partial charge is 0.325 e. The monoisotopic (exact) mass is 480 g/mol. The molecule has 0 saturated heterocycles. The Morgan fingerprint density at radius 3 is 2.82 bits per heavy atom. The van der Waals surface area contributed by atoms with Crippen LogP contribution in [0.15, 0.2) is 64.7 Å². The molecule has 0 radical (unpaired) electrons. The van der Waals surface area contributed by atoms with Crippen LogP contribution in [-0.4, -0.2) is 26.2 Å². The van der Waals surface area contributed by atoms with E-state index in [1.807, 2.05) is 12.1 Å². The van der Waals surface area contributed by atoms with E-state index in [9.17, 15) is 14.0 Å². The van der Waals surface area contributed by atoms with Gasteiger partial charge in [-0.3, -0.25) is 9.59 Å². The number of thioether (sulfide) groups is 1. The minimum atomic E-state index is -0.690. The quantitative estimate of drug-likeness (QED) is 0.328. The smallest absolute Gasteiger partial charge is 0.267 e. The van der Waals surface area contributed by atoms with E-state index in [1.54, 1.807) is 24.3 Å². The molecular formula is C24H18ClFN4O2S. The van der Waals surface area contributed by atoms with Crippen molar-refractivity contribution in [1.82, 2.24) is 14.5 Å². The van der Waals surface area contributed by atoms with Crippen LogP contribution >= 0.6 is 23.4 Å². The molecule has 2 aromatic carbocycles. The Kier molecular flexibility index (Phi) is 5.86. The topological polar surface area (TPSA) is 76.9 Å². The van der Waals surface area contributed by atoms with Crippen molar-refractivity contribution in [3.8, 4) is 5.82 Å². The van der Waals surface area contributed by atoms with Crippen LogP contribution in [-0.2, 0) is 17.6 Å². The Morgan fingerprint density at radius 1 is 1.15 bits per heavy atom. The minimum Gasteiger partial charge on any atom is -0.325 e. The van der Waals surface area contributed by atoms with Crippen LogP contribution in [0.2, 0.25) is 5.02 Å². The summed E-state index contributed by atoms with van der Waals surface area (Å²) in [7, 11) is 0. The first kappa shape index (κ1) is 21.6. The maximum absolute atomic E-state index is 13.7. The van der Waals surface area contributed by atoms with Crippen LogP contribution in [0.1, 0.15) is 17.5 Å². The van der Waals surface area contributed by atoms with E-state index >= 15 is 0 Å². The molecular weight excluding hydrogens is 463 g/mol. The SMILES string of the molecule is O=C(CSc1nc2ccccc2c(=O)n1-c1cc(Cl)c(F)cn1)Nc1ccc2c(c1)CCC2. The predicted octanol–water partition coefficient (Wildman–Crippen LogP) is 4.79. The number of nitrogens with zero attached hydrogens (tertiary/aromatic N) is 3. The van der Waals surface area contributed by atoms with Crippen LogP contribution in [0.3, 0.4) is 0 Å². The lowest BCUT2D eigenvalue weighted by Gasteiger charge is -2.13. The molecule has 33 heavy (non-hydrogen) atoms. The summed E-state index contributed by atoms with van der Waals surface area (Å²) in [4.78, 5) is 34.4. The Balaban J connectivity index is 1.45. The van der Waals surface area contributed by atoms with Crippen molar-refractivity contribution >= 4 is 45.9 Å². The van der Waals surface area contributed by atoms with Gasteiger partial charge in [-0.05, 0) is 54.7 Å². The lowest BCUT2D eigenvalue weighted by Crippen LogP contribution is -2.23. The average molecular weight is 481 g/mol. The summed E-state index contributed by atoms with van der Waals surface area (Å²) in [6, 6.07) is 14.1. The predicted molar refractivity (Wildman–Crippen MR) is 128 cm³/mol. The van der Waals surface area contributed by atoms with Crippen LogP contribution in [0.4, 0.5) is 10.1 Å². The number of amides is 1. The van der Waals surface area contributed by atoms with Gasteiger partial charge in [0.05, 0.1) is 27.9 Å². The number of nitrogens with one attached hydrogen (secondary N) is 1. The Hall–Kier alpha value is -3.23. The summed E-state index contributed by atoms with van der Waals surface area (Å²) in [5.74, 6) is -0.759. The third-order valence-electron chi connectivity index (χ3n) is 5.48. The van der Waals surface area contributed by atoms with Gasteiger partial charge in [0.15, 0.2) is 11.0 Å². The van der Waals surface area contributed by atoms with Crippen LogP contribution in [0, 0.1) is 5.82 Å². The van der Waals surface area contributed by atoms with Crippen molar-refractivity contribution in [2.45, 2.75) is 24.4 Å². The van der Waals surface area contributed by atoms with Crippen LogP contribution in [0.5, 0.6) is 0 Å². The van der Waals surface area contributed by atoms with Gasteiger partial charge in [0.2, 0.25) is 5.91 Å². The van der Waals surface area contributed by atoms with Gasteiger partial charge in [-0.25, -0.2) is 18.9 Å². The van der Waals surface area contributed by atoms with Gasteiger partial charge in [0.25, 0.3) is 5.56 Å². The van der Waals surface area contributed by atoms with Gasteiger partial charge in [-0.2, -0.15) is 0 Å². The summed E-state index contributed by atoms with van der Waals surface area (Å²) in [6.45, 7) is 0. The zero-order chi connectivity index (χ0) is 22.9. The van der Waals surface area contributed by atoms with E-state index in [0.717, 1.165) is 42.9 Å². The lowest BCUT2D eigenvalue weighted by molar-refractivity contribution is -0.113. The number of halogens is 2. The molecule has 1 amide bonds. The first-order valence-corrected chi connectivity index (χ1v) is 11.7.